The Morgan fingerprint density at radius 1 is 1.56 bits per heavy atom. The summed E-state index contributed by atoms with van der Waals surface area (Å²) >= 11 is 0. The van der Waals surface area contributed by atoms with Crippen LogP contribution in [0.4, 0.5) is 5.69 Å². The molecule has 0 saturated carbocycles. The van der Waals surface area contributed by atoms with E-state index >= 15 is 0 Å². The number of hydrogen-bond acceptors (Lipinski definition) is 4. The molecule has 1 fully saturated rings. The van der Waals surface area contributed by atoms with Gasteiger partial charge in [0.05, 0.1) is 13.7 Å². The van der Waals surface area contributed by atoms with Crippen LogP contribution in [0.1, 0.15) is 6.42 Å². The van der Waals surface area contributed by atoms with Crippen LogP contribution < -0.4 is 15.4 Å². The van der Waals surface area contributed by atoms with E-state index in [-0.39, 0.29) is 0 Å². The maximum Gasteiger partial charge on any atom is 0.120 e. The fourth-order valence-corrected chi connectivity index (χ4v) is 2.54. The third-order valence-corrected chi connectivity index (χ3v) is 3.71. The first-order valence-corrected chi connectivity index (χ1v) is 6.41. The van der Waals surface area contributed by atoms with Crippen molar-refractivity contribution < 1.29 is 9.47 Å². The molecule has 2 N–H and O–H groups in total. The van der Waals surface area contributed by atoms with E-state index in [2.05, 4.69) is 18.0 Å². The lowest BCUT2D eigenvalue weighted by molar-refractivity contribution is 0.180. The number of hydrogen-bond donors (Lipinski definition) is 1. The summed E-state index contributed by atoms with van der Waals surface area (Å²) in [5, 5.41) is 0. The maximum absolute atomic E-state index is 5.93. The van der Waals surface area contributed by atoms with E-state index in [0.29, 0.717) is 18.5 Å². The Morgan fingerprint density at radius 3 is 3.00 bits per heavy atom. The van der Waals surface area contributed by atoms with Crippen LogP contribution in [-0.2, 0) is 4.74 Å². The molecule has 1 saturated heterocycles. The maximum atomic E-state index is 5.93. The molecule has 100 valence electrons. The summed E-state index contributed by atoms with van der Waals surface area (Å²) in [5.74, 6) is 1.39. The fraction of sp³-hybridized carbons (Fsp3) is 0.571. The Balaban J connectivity index is 2.13. The number of likely N-dealkylation sites (N-methyl/N-ethyl adjacent to an activating group) is 1. The Labute approximate surface area is 109 Å². The van der Waals surface area contributed by atoms with Crippen LogP contribution in [0.3, 0.4) is 0 Å². The Morgan fingerprint density at radius 2 is 2.39 bits per heavy atom. The molecule has 18 heavy (non-hydrogen) atoms. The summed E-state index contributed by atoms with van der Waals surface area (Å²) < 4.78 is 10.7. The summed E-state index contributed by atoms with van der Waals surface area (Å²) in [7, 11) is 3.77. The van der Waals surface area contributed by atoms with Crippen molar-refractivity contribution in [2.24, 2.45) is 11.7 Å². The Kier molecular flexibility index (Phi) is 4.44. The van der Waals surface area contributed by atoms with Gasteiger partial charge in [0.25, 0.3) is 0 Å². The first-order valence-electron chi connectivity index (χ1n) is 6.41. The zero-order valence-electron chi connectivity index (χ0n) is 11.1. The molecule has 1 heterocycles. The standard InChI is InChI=1S/C14H22N2O2/c1-16(12-4-3-5-13(8-12)17-2)14(9-15)11-6-7-18-10-11/h3-5,8,11,14H,6-7,9-10,15H2,1-2H3. The van der Waals surface area contributed by atoms with E-state index < -0.39 is 0 Å². The van der Waals surface area contributed by atoms with Crippen LogP contribution in [0.15, 0.2) is 24.3 Å². The van der Waals surface area contributed by atoms with Gasteiger partial charge in [0.1, 0.15) is 5.75 Å². The highest BCUT2D eigenvalue weighted by atomic mass is 16.5. The van der Waals surface area contributed by atoms with Gasteiger partial charge < -0.3 is 20.1 Å². The largest absolute Gasteiger partial charge is 0.497 e. The third kappa shape index (κ3) is 2.76. The van der Waals surface area contributed by atoms with Gasteiger partial charge in [-0.05, 0) is 18.6 Å². The second-order valence-electron chi connectivity index (χ2n) is 4.74. The van der Waals surface area contributed by atoms with E-state index in [1.54, 1.807) is 7.11 Å². The second kappa shape index (κ2) is 6.07. The average Bonchev–Trinajstić information content (AvgIpc) is 2.93. The molecule has 1 aromatic carbocycles. The molecule has 2 atom stereocenters. The summed E-state index contributed by atoms with van der Waals surface area (Å²) in [6.07, 6.45) is 1.09. The first kappa shape index (κ1) is 13.2. The Bertz CT molecular complexity index is 378. The normalized spacial score (nSPS) is 20.7. The van der Waals surface area contributed by atoms with E-state index in [1.807, 2.05) is 18.2 Å². The molecule has 0 amide bonds. The first-order chi connectivity index (χ1) is 8.76. The van der Waals surface area contributed by atoms with E-state index in [1.165, 1.54) is 0 Å². The van der Waals surface area contributed by atoms with Gasteiger partial charge in [-0.1, -0.05) is 6.07 Å². The predicted molar refractivity (Wildman–Crippen MR) is 73.2 cm³/mol. The smallest absolute Gasteiger partial charge is 0.120 e. The number of benzene rings is 1. The van der Waals surface area contributed by atoms with Gasteiger partial charge in [-0.3, -0.25) is 0 Å². The van der Waals surface area contributed by atoms with Crippen molar-refractivity contribution in [3.63, 3.8) is 0 Å². The van der Waals surface area contributed by atoms with Crippen molar-refractivity contribution >= 4 is 5.69 Å². The topological polar surface area (TPSA) is 47.7 Å². The van der Waals surface area contributed by atoms with E-state index in [0.717, 1.165) is 31.1 Å². The third-order valence-electron chi connectivity index (χ3n) is 3.71. The van der Waals surface area contributed by atoms with E-state index in [9.17, 15) is 0 Å². The van der Waals surface area contributed by atoms with Gasteiger partial charge in [0.2, 0.25) is 0 Å². The quantitative estimate of drug-likeness (QED) is 0.860. The van der Waals surface area contributed by atoms with E-state index in [4.69, 9.17) is 15.2 Å². The molecule has 1 aliphatic heterocycles. The second-order valence-corrected chi connectivity index (χ2v) is 4.74. The van der Waals surface area contributed by atoms with Crippen LogP contribution in [0.5, 0.6) is 5.75 Å². The van der Waals surface area contributed by atoms with Crippen molar-refractivity contribution in [1.29, 1.82) is 0 Å². The number of anilines is 1. The molecule has 0 aromatic heterocycles. The van der Waals surface area contributed by atoms with Gasteiger partial charge in [-0.15, -0.1) is 0 Å². The minimum Gasteiger partial charge on any atom is -0.497 e. The molecular weight excluding hydrogens is 228 g/mol. The number of nitrogens with two attached hydrogens (primary N) is 1. The van der Waals surface area contributed by atoms with Crippen molar-refractivity contribution in [2.45, 2.75) is 12.5 Å². The van der Waals surface area contributed by atoms with Crippen LogP contribution >= 0.6 is 0 Å². The van der Waals surface area contributed by atoms with Gasteiger partial charge in [0.15, 0.2) is 0 Å². The molecule has 0 aliphatic carbocycles. The zero-order valence-corrected chi connectivity index (χ0v) is 11.1. The number of ether oxygens (including phenoxy) is 2. The molecule has 1 aliphatic rings. The van der Waals surface area contributed by atoms with Gasteiger partial charge in [-0.25, -0.2) is 0 Å². The average molecular weight is 250 g/mol. The molecule has 4 nitrogen and oxygen atoms in total. The minimum atomic E-state index is 0.319. The van der Waals surface area contributed by atoms with Gasteiger partial charge >= 0.3 is 0 Å². The summed E-state index contributed by atoms with van der Waals surface area (Å²) in [5.41, 5.74) is 7.07. The van der Waals surface area contributed by atoms with Crippen molar-refractivity contribution in [3.05, 3.63) is 24.3 Å². The summed E-state index contributed by atoms with van der Waals surface area (Å²) in [6, 6.07) is 8.40. The van der Waals surface area contributed by atoms with Crippen molar-refractivity contribution in [1.82, 2.24) is 0 Å². The van der Waals surface area contributed by atoms with Crippen LogP contribution in [0, 0.1) is 5.92 Å². The fourth-order valence-electron chi connectivity index (χ4n) is 2.54. The van der Waals surface area contributed by atoms with Crippen LogP contribution in [0.25, 0.3) is 0 Å². The molecule has 2 unspecified atom stereocenters. The zero-order chi connectivity index (χ0) is 13.0. The van der Waals surface area contributed by atoms with Crippen LogP contribution in [0.2, 0.25) is 0 Å². The molecule has 2 rings (SSSR count). The summed E-state index contributed by atoms with van der Waals surface area (Å²) in [4.78, 5) is 2.24. The van der Waals surface area contributed by atoms with Crippen molar-refractivity contribution in [3.8, 4) is 5.75 Å². The predicted octanol–water partition coefficient (Wildman–Crippen LogP) is 1.50. The van der Waals surface area contributed by atoms with Crippen molar-refractivity contribution in [2.75, 3.05) is 38.8 Å². The SMILES string of the molecule is COc1cccc(N(C)C(CN)C2CCOC2)c1. The highest BCUT2D eigenvalue weighted by Crippen LogP contribution is 2.26. The molecule has 4 heteroatoms. The van der Waals surface area contributed by atoms with Gasteiger partial charge in [0, 0.05) is 43.9 Å². The lowest BCUT2D eigenvalue weighted by atomic mass is 9.97. The molecule has 0 radical (unpaired) electrons. The molecule has 0 spiro atoms. The number of rotatable bonds is 5. The lowest BCUT2D eigenvalue weighted by Crippen LogP contribution is -2.44. The highest BCUT2D eigenvalue weighted by molar-refractivity contribution is 5.51. The molecule has 0 bridgehead atoms. The monoisotopic (exact) mass is 250 g/mol. The number of nitrogens with zero attached hydrogens (tertiary/aromatic N) is 1. The van der Waals surface area contributed by atoms with Gasteiger partial charge in [-0.2, -0.15) is 0 Å². The lowest BCUT2D eigenvalue weighted by Gasteiger charge is -2.33. The summed E-state index contributed by atoms with van der Waals surface area (Å²) in [6.45, 7) is 2.31. The Hall–Kier alpha value is -1.26. The molecule has 1 aromatic rings. The minimum absolute atomic E-state index is 0.319. The molecular formula is C14H22N2O2. The van der Waals surface area contributed by atoms with Crippen LogP contribution in [-0.4, -0.2) is 40.0 Å². The number of methoxy groups -OCH3 is 1. The highest BCUT2D eigenvalue weighted by Gasteiger charge is 2.28.